The summed E-state index contributed by atoms with van der Waals surface area (Å²) in [5.74, 6) is -0.0123. The van der Waals surface area contributed by atoms with Gasteiger partial charge in [0.25, 0.3) is 0 Å². The maximum atomic E-state index is 13.7. The number of dihydropyridines is 1. The van der Waals surface area contributed by atoms with E-state index in [1.807, 2.05) is 69.3 Å². The zero-order chi connectivity index (χ0) is 25.8. The Bertz CT molecular complexity index is 1180. The number of carbonyl (C=O) groups is 2. The lowest BCUT2D eigenvalue weighted by Crippen LogP contribution is -2.36. The number of halogens is 1. The monoisotopic (exact) mass is 507 g/mol. The van der Waals surface area contributed by atoms with Crippen LogP contribution in [0.1, 0.15) is 76.3 Å². The van der Waals surface area contributed by atoms with E-state index >= 15 is 0 Å². The lowest BCUT2D eigenvalue weighted by Gasteiger charge is -2.37. The van der Waals surface area contributed by atoms with Crippen molar-refractivity contribution in [3.63, 3.8) is 0 Å². The number of ether oxygens (including phenoxy) is 2. The maximum absolute atomic E-state index is 13.7. The highest BCUT2D eigenvalue weighted by molar-refractivity contribution is 6.30. The van der Waals surface area contributed by atoms with E-state index in [4.69, 9.17) is 21.1 Å². The van der Waals surface area contributed by atoms with Crippen LogP contribution >= 0.6 is 11.6 Å². The third-order valence-electron chi connectivity index (χ3n) is 6.96. The molecule has 0 aromatic heterocycles. The minimum atomic E-state index is -0.489. The van der Waals surface area contributed by atoms with Crippen LogP contribution in [-0.2, 0) is 14.3 Å². The fraction of sp³-hybridized carbons (Fsp3) is 0.400. The van der Waals surface area contributed by atoms with E-state index in [9.17, 15) is 9.59 Å². The summed E-state index contributed by atoms with van der Waals surface area (Å²) in [7, 11) is 0. The zero-order valence-corrected chi connectivity index (χ0v) is 22.2. The van der Waals surface area contributed by atoms with Gasteiger partial charge in [-0.25, -0.2) is 4.79 Å². The molecule has 1 aliphatic heterocycles. The van der Waals surface area contributed by atoms with Crippen molar-refractivity contribution in [3.05, 3.63) is 87.2 Å². The predicted molar refractivity (Wildman–Crippen MR) is 142 cm³/mol. The third-order valence-corrected chi connectivity index (χ3v) is 7.21. The molecule has 2 aromatic rings. The van der Waals surface area contributed by atoms with Crippen molar-refractivity contribution in [2.75, 3.05) is 6.61 Å². The highest BCUT2D eigenvalue weighted by Crippen LogP contribution is 2.46. The summed E-state index contributed by atoms with van der Waals surface area (Å²) in [5.41, 5.74) is 4.71. The van der Waals surface area contributed by atoms with Gasteiger partial charge in [0, 0.05) is 34.3 Å². The largest absolute Gasteiger partial charge is 0.494 e. The van der Waals surface area contributed by atoms with Gasteiger partial charge in [0.15, 0.2) is 5.78 Å². The predicted octanol–water partition coefficient (Wildman–Crippen LogP) is 6.83. The second kappa shape index (κ2) is 11.3. The Hall–Kier alpha value is -3.05. The van der Waals surface area contributed by atoms with Crippen LogP contribution in [0.4, 0.5) is 0 Å². The van der Waals surface area contributed by atoms with Crippen LogP contribution in [0.3, 0.4) is 0 Å². The first kappa shape index (κ1) is 26.0. The number of Topliss-reactive ketones (excluding diaryl/α,β-unsaturated/α-hetero) is 1. The Morgan fingerprint density at radius 2 is 1.72 bits per heavy atom. The number of hydrogen-bond acceptors (Lipinski definition) is 5. The Morgan fingerprint density at radius 1 is 1.06 bits per heavy atom. The molecule has 0 fully saturated rings. The third kappa shape index (κ3) is 5.52. The van der Waals surface area contributed by atoms with E-state index in [1.165, 1.54) is 0 Å². The normalized spacial score (nSPS) is 20.5. The van der Waals surface area contributed by atoms with Crippen molar-refractivity contribution in [1.82, 2.24) is 5.32 Å². The summed E-state index contributed by atoms with van der Waals surface area (Å²) in [6.45, 7) is 8.45. The molecule has 3 atom stereocenters. The van der Waals surface area contributed by atoms with Gasteiger partial charge in [0.2, 0.25) is 0 Å². The van der Waals surface area contributed by atoms with Gasteiger partial charge < -0.3 is 14.8 Å². The molecule has 0 radical (unpaired) electrons. The van der Waals surface area contributed by atoms with Gasteiger partial charge >= 0.3 is 5.97 Å². The first-order valence-electron chi connectivity index (χ1n) is 12.8. The molecule has 0 saturated heterocycles. The average Bonchev–Trinajstić information content (AvgIpc) is 2.87. The number of nitrogens with one attached hydrogen (secondary N) is 1. The quantitative estimate of drug-likeness (QED) is 0.396. The second-order valence-corrected chi connectivity index (χ2v) is 10.0. The zero-order valence-electron chi connectivity index (χ0n) is 21.4. The number of ketones is 1. The lowest BCUT2D eigenvalue weighted by atomic mass is 9.71. The van der Waals surface area contributed by atoms with Gasteiger partial charge in [-0.1, -0.05) is 49.7 Å². The highest BCUT2D eigenvalue weighted by atomic mass is 35.5. The van der Waals surface area contributed by atoms with Gasteiger partial charge in [-0.15, -0.1) is 0 Å². The Kier molecular flexibility index (Phi) is 8.20. The van der Waals surface area contributed by atoms with E-state index in [2.05, 4.69) is 12.2 Å². The lowest BCUT2D eigenvalue weighted by molar-refractivity contribution is -0.144. The SMILES string of the molecule is CCCOc1ccc([C@@H]2C(C(=O)O[C@H](C)CC)=C(C)NC3=C2C(=O)C[C@@H](c2ccc(Cl)cc2)C3)cc1. The van der Waals surface area contributed by atoms with Gasteiger partial charge in [-0.05, 0) is 74.4 Å². The Labute approximate surface area is 218 Å². The summed E-state index contributed by atoms with van der Waals surface area (Å²) in [6, 6.07) is 15.4. The fourth-order valence-electron chi connectivity index (χ4n) is 4.92. The van der Waals surface area contributed by atoms with Crippen LogP contribution in [0.25, 0.3) is 0 Å². The van der Waals surface area contributed by atoms with Crippen molar-refractivity contribution < 1.29 is 19.1 Å². The van der Waals surface area contributed by atoms with Gasteiger partial charge in [0.1, 0.15) is 5.75 Å². The van der Waals surface area contributed by atoms with Gasteiger partial charge in [-0.3, -0.25) is 4.79 Å². The molecular weight excluding hydrogens is 474 g/mol. The van der Waals surface area contributed by atoms with Gasteiger partial charge in [0.05, 0.1) is 18.3 Å². The molecule has 36 heavy (non-hydrogen) atoms. The van der Waals surface area contributed by atoms with E-state index in [0.717, 1.165) is 41.1 Å². The first-order chi connectivity index (χ1) is 17.3. The van der Waals surface area contributed by atoms with Crippen LogP contribution in [0.5, 0.6) is 5.75 Å². The van der Waals surface area contributed by atoms with E-state index in [-0.39, 0.29) is 23.8 Å². The summed E-state index contributed by atoms with van der Waals surface area (Å²) >= 11 is 6.08. The van der Waals surface area contributed by atoms with Crippen LogP contribution in [0.15, 0.2) is 71.1 Å². The molecule has 6 heteroatoms. The summed E-state index contributed by atoms with van der Waals surface area (Å²) in [5, 5.41) is 4.08. The molecule has 0 unspecified atom stereocenters. The fourth-order valence-corrected chi connectivity index (χ4v) is 5.05. The van der Waals surface area contributed by atoms with Crippen molar-refractivity contribution in [1.29, 1.82) is 0 Å². The highest BCUT2D eigenvalue weighted by Gasteiger charge is 2.41. The van der Waals surface area contributed by atoms with Crippen LogP contribution < -0.4 is 10.1 Å². The molecule has 0 bridgehead atoms. The Balaban J connectivity index is 1.74. The molecule has 0 amide bonds. The van der Waals surface area contributed by atoms with Gasteiger partial charge in [-0.2, -0.15) is 0 Å². The van der Waals surface area contributed by atoms with Crippen LogP contribution in [0, 0.1) is 0 Å². The van der Waals surface area contributed by atoms with Crippen LogP contribution in [-0.4, -0.2) is 24.5 Å². The molecule has 5 nitrogen and oxygen atoms in total. The van der Waals surface area contributed by atoms with E-state index in [1.54, 1.807) is 0 Å². The average molecular weight is 508 g/mol. The molecule has 1 N–H and O–H groups in total. The van der Waals surface area contributed by atoms with Crippen molar-refractivity contribution in [2.24, 2.45) is 0 Å². The number of carbonyl (C=O) groups excluding carboxylic acids is 2. The molecule has 1 aliphatic carbocycles. The van der Waals surface area contributed by atoms with Crippen LogP contribution in [0.2, 0.25) is 5.02 Å². The summed E-state index contributed by atoms with van der Waals surface area (Å²) < 4.78 is 11.5. The smallest absolute Gasteiger partial charge is 0.337 e. The van der Waals surface area contributed by atoms with Crippen molar-refractivity contribution in [2.45, 2.75) is 71.3 Å². The Morgan fingerprint density at radius 3 is 2.36 bits per heavy atom. The molecule has 2 aliphatic rings. The number of benzene rings is 2. The molecule has 2 aromatic carbocycles. The second-order valence-electron chi connectivity index (χ2n) is 9.61. The summed E-state index contributed by atoms with van der Waals surface area (Å²) in [4.78, 5) is 27.1. The summed E-state index contributed by atoms with van der Waals surface area (Å²) in [6.07, 6.45) is 2.48. The molecule has 0 saturated carbocycles. The number of rotatable bonds is 8. The minimum Gasteiger partial charge on any atom is -0.494 e. The first-order valence-corrected chi connectivity index (χ1v) is 13.1. The molecule has 190 valence electrons. The minimum absolute atomic E-state index is 0.0429. The van der Waals surface area contributed by atoms with E-state index in [0.29, 0.717) is 35.6 Å². The molecule has 1 heterocycles. The molecule has 0 spiro atoms. The standard InChI is InChI=1S/C30H34ClNO4/c1-5-15-35-24-13-9-21(10-14-24)28-27(30(34)36-18(3)6-2)19(4)32-25-16-22(17-26(33)29(25)28)20-7-11-23(31)12-8-20/h7-14,18,22,28,32H,5-6,15-17H2,1-4H3/t18-,22+,28-/m1/s1. The number of allylic oxidation sites excluding steroid dienone is 3. The molecular formula is C30H34ClNO4. The topological polar surface area (TPSA) is 64.6 Å². The number of hydrogen-bond donors (Lipinski definition) is 1. The van der Waals surface area contributed by atoms with Crippen molar-refractivity contribution in [3.8, 4) is 5.75 Å². The molecule has 4 rings (SSSR count). The number of esters is 1. The van der Waals surface area contributed by atoms with Crippen molar-refractivity contribution >= 4 is 23.4 Å². The van der Waals surface area contributed by atoms with E-state index < -0.39 is 5.92 Å². The maximum Gasteiger partial charge on any atom is 0.337 e.